The van der Waals surface area contributed by atoms with Crippen molar-refractivity contribution in [1.29, 1.82) is 0 Å². The van der Waals surface area contributed by atoms with Crippen LogP contribution in [0, 0.1) is 0 Å². The Balaban J connectivity index is 1.78. The monoisotopic (exact) mass is 322 g/mol. The SMILES string of the molecule is Nc1cc(Cl)ccc1NC(=O)c1ccc(-c2ccccc2)cc1. The summed E-state index contributed by atoms with van der Waals surface area (Å²) in [6.45, 7) is 0. The van der Waals surface area contributed by atoms with Gasteiger partial charge in [0, 0.05) is 10.6 Å². The zero-order valence-electron chi connectivity index (χ0n) is 12.3. The molecule has 3 N–H and O–H groups in total. The van der Waals surface area contributed by atoms with E-state index in [1.165, 1.54) is 0 Å². The van der Waals surface area contributed by atoms with E-state index in [0.717, 1.165) is 11.1 Å². The standard InChI is InChI=1S/C19H15ClN2O/c20-16-10-11-18(17(21)12-16)22-19(23)15-8-6-14(7-9-15)13-4-2-1-3-5-13/h1-12H,21H2,(H,22,23). The van der Waals surface area contributed by atoms with Gasteiger partial charge in [0.1, 0.15) is 0 Å². The smallest absolute Gasteiger partial charge is 0.255 e. The Morgan fingerprint density at radius 1 is 0.870 bits per heavy atom. The molecule has 0 radical (unpaired) electrons. The lowest BCUT2D eigenvalue weighted by Gasteiger charge is -2.09. The number of nitrogens with one attached hydrogen (secondary N) is 1. The van der Waals surface area contributed by atoms with Gasteiger partial charge in [-0.25, -0.2) is 0 Å². The molecule has 0 aliphatic carbocycles. The van der Waals surface area contributed by atoms with E-state index in [0.29, 0.717) is 22.0 Å². The van der Waals surface area contributed by atoms with Crippen molar-refractivity contribution >= 4 is 28.9 Å². The summed E-state index contributed by atoms with van der Waals surface area (Å²) in [5, 5.41) is 3.33. The number of hydrogen-bond donors (Lipinski definition) is 2. The highest BCUT2D eigenvalue weighted by Gasteiger charge is 2.08. The molecule has 4 heteroatoms. The summed E-state index contributed by atoms with van der Waals surface area (Å²) in [5.41, 5.74) is 9.58. The number of benzene rings is 3. The molecule has 0 spiro atoms. The summed E-state index contributed by atoms with van der Waals surface area (Å²) >= 11 is 5.85. The predicted molar refractivity (Wildman–Crippen MR) is 95.7 cm³/mol. The molecule has 0 saturated heterocycles. The van der Waals surface area contributed by atoms with Crippen molar-refractivity contribution in [2.45, 2.75) is 0 Å². The molecular formula is C19H15ClN2O. The molecule has 3 aromatic rings. The molecule has 0 heterocycles. The lowest BCUT2D eigenvalue weighted by molar-refractivity contribution is 0.102. The summed E-state index contributed by atoms with van der Waals surface area (Å²) in [4.78, 5) is 12.3. The van der Waals surface area contributed by atoms with E-state index < -0.39 is 0 Å². The maximum atomic E-state index is 12.3. The summed E-state index contributed by atoms with van der Waals surface area (Å²) in [7, 11) is 0. The van der Waals surface area contributed by atoms with Crippen molar-refractivity contribution in [3.63, 3.8) is 0 Å². The minimum Gasteiger partial charge on any atom is -0.397 e. The van der Waals surface area contributed by atoms with Crippen molar-refractivity contribution < 1.29 is 4.79 Å². The molecule has 0 fully saturated rings. The van der Waals surface area contributed by atoms with Gasteiger partial charge in [-0.15, -0.1) is 0 Å². The molecule has 0 aromatic heterocycles. The minimum absolute atomic E-state index is 0.210. The zero-order chi connectivity index (χ0) is 16.2. The van der Waals surface area contributed by atoms with Crippen LogP contribution in [0.1, 0.15) is 10.4 Å². The first-order chi connectivity index (χ1) is 11.1. The van der Waals surface area contributed by atoms with E-state index >= 15 is 0 Å². The van der Waals surface area contributed by atoms with Crippen molar-refractivity contribution in [2.24, 2.45) is 0 Å². The quantitative estimate of drug-likeness (QED) is 0.678. The normalized spacial score (nSPS) is 10.3. The Morgan fingerprint density at radius 3 is 2.17 bits per heavy atom. The number of halogens is 1. The lowest BCUT2D eigenvalue weighted by atomic mass is 10.0. The van der Waals surface area contributed by atoms with Gasteiger partial charge >= 0.3 is 0 Å². The fraction of sp³-hybridized carbons (Fsp3) is 0. The van der Waals surface area contributed by atoms with Gasteiger partial charge in [0.25, 0.3) is 5.91 Å². The average molecular weight is 323 g/mol. The summed E-state index contributed by atoms with van der Waals surface area (Å²) in [6, 6.07) is 22.4. The number of amides is 1. The van der Waals surface area contributed by atoms with Gasteiger partial charge in [-0.2, -0.15) is 0 Å². The minimum atomic E-state index is -0.210. The first-order valence-electron chi connectivity index (χ1n) is 7.15. The van der Waals surface area contributed by atoms with Crippen LogP contribution in [-0.2, 0) is 0 Å². The Bertz CT molecular complexity index is 830. The third kappa shape index (κ3) is 3.52. The number of nitrogens with two attached hydrogens (primary N) is 1. The van der Waals surface area contributed by atoms with E-state index in [2.05, 4.69) is 5.32 Å². The number of carbonyl (C=O) groups is 1. The fourth-order valence-electron chi connectivity index (χ4n) is 2.29. The molecule has 0 aliphatic heterocycles. The lowest BCUT2D eigenvalue weighted by Crippen LogP contribution is -2.13. The second-order valence-corrected chi connectivity index (χ2v) is 5.57. The van der Waals surface area contributed by atoms with Gasteiger partial charge in [0.2, 0.25) is 0 Å². The molecule has 1 amide bonds. The van der Waals surface area contributed by atoms with Crippen molar-refractivity contribution in [3.8, 4) is 11.1 Å². The molecule has 114 valence electrons. The number of nitrogen functional groups attached to an aromatic ring is 1. The predicted octanol–water partition coefficient (Wildman–Crippen LogP) is 4.84. The van der Waals surface area contributed by atoms with E-state index in [1.54, 1.807) is 30.3 Å². The molecule has 0 atom stereocenters. The molecular weight excluding hydrogens is 308 g/mol. The van der Waals surface area contributed by atoms with Crippen molar-refractivity contribution in [3.05, 3.63) is 83.4 Å². The Morgan fingerprint density at radius 2 is 1.52 bits per heavy atom. The number of anilines is 2. The van der Waals surface area contributed by atoms with Crippen LogP contribution in [0.25, 0.3) is 11.1 Å². The van der Waals surface area contributed by atoms with Crippen LogP contribution in [0.15, 0.2) is 72.8 Å². The maximum absolute atomic E-state index is 12.3. The zero-order valence-corrected chi connectivity index (χ0v) is 13.0. The second-order valence-electron chi connectivity index (χ2n) is 5.13. The molecule has 0 saturated carbocycles. The van der Waals surface area contributed by atoms with Crippen LogP contribution in [0.5, 0.6) is 0 Å². The molecule has 3 aromatic carbocycles. The molecule has 3 rings (SSSR count). The van der Waals surface area contributed by atoms with E-state index in [-0.39, 0.29) is 5.91 Å². The maximum Gasteiger partial charge on any atom is 0.255 e. The van der Waals surface area contributed by atoms with Crippen LogP contribution in [0.2, 0.25) is 5.02 Å². The van der Waals surface area contributed by atoms with Crippen LogP contribution in [-0.4, -0.2) is 5.91 Å². The van der Waals surface area contributed by atoms with Crippen LogP contribution < -0.4 is 11.1 Å². The Labute approximate surface area is 139 Å². The third-order valence-electron chi connectivity index (χ3n) is 3.52. The number of carbonyl (C=O) groups excluding carboxylic acids is 1. The van der Waals surface area contributed by atoms with Gasteiger partial charge in [-0.1, -0.05) is 54.1 Å². The highest BCUT2D eigenvalue weighted by molar-refractivity contribution is 6.31. The van der Waals surface area contributed by atoms with Crippen molar-refractivity contribution in [2.75, 3.05) is 11.1 Å². The molecule has 0 unspecified atom stereocenters. The highest BCUT2D eigenvalue weighted by atomic mass is 35.5. The fourth-order valence-corrected chi connectivity index (χ4v) is 2.47. The second kappa shape index (κ2) is 6.55. The Kier molecular flexibility index (Phi) is 4.31. The number of rotatable bonds is 3. The largest absolute Gasteiger partial charge is 0.397 e. The first-order valence-corrected chi connectivity index (χ1v) is 7.53. The summed E-state index contributed by atoms with van der Waals surface area (Å²) in [6.07, 6.45) is 0. The molecule has 23 heavy (non-hydrogen) atoms. The highest BCUT2D eigenvalue weighted by Crippen LogP contribution is 2.24. The summed E-state index contributed by atoms with van der Waals surface area (Å²) < 4.78 is 0. The van der Waals surface area contributed by atoms with E-state index in [4.69, 9.17) is 17.3 Å². The number of hydrogen-bond acceptors (Lipinski definition) is 2. The topological polar surface area (TPSA) is 55.1 Å². The molecule has 3 nitrogen and oxygen atoms in total. The van der Waals surface area contributed by atoms with Gasteiger partial charge < -0.3 is 11.1 Å². The van der Waals surface area contributed by atoms with Gasteiger partial charge in [0.05, 0.1) is 11.4 Å². The van der Waals surface area contributed by atoms with Crippen LogP contribution in [0.4, 0.5) is 11.4 Å². The first kappa shape index (κ1) is 15.1. The van der Waals surface area contributed by atoms with Crippen LogP contribution in [0.3, 0.4) is 0 Å². The van der Waals surface area contributed by atoms with E-state index in [1.807, 2.05) is 42.5 Å². The molecule has 0 bridgehead atoms. The molecule has 0 aliphatic rings. The average Bonchev–Trinajstić information content (AvgIpc) is 2.58. The Hall–Kier alpha value is -2.78. The van der Waals surface area contributed by atoms with Gasteiger partial charge in [0.15, 0.2) is 0 Å². The van der Waals surface area contributed by atoms with E-state index in [9.17, 15) is 4.79 Å². The third-order valence-corrected chi connectivity index (χ3v) is 3.75. The van der Waals surface area contributed by atoms with Gasteiger partial charge in [-0.3, -0.25) is 4.79 Å². The summed E-state index contributed by atoms with van der Waals surface area (Å²) in [5.74, 6) is -0.210. The van der Waals surface area contributed by atoms with Crippen molar-refractivity contribution in [1.82, 2.24) is 0 Å². The van der Waals surface area contributed by atoms with Crippen LogP contribution >= 0.6 is 11.6 Å². The van der Waals surface area contributed by atoms with Gasteiger partial charge in [-0.05, 0) is 41.5 Å².